The van der Waals surface area contributed by atoms with Crippen LogP contribution >= 0.6 is 0 Å². The van der Waals surface area contributed by atoms with Gasteiger partial charge in [0.15, 0.2) is 0 Å². The van der Waals surface area contributed by atoms with Crippen LogP contribution in [0.4, 0.5) is 0 Å². The maximum atomic E-state index is 10.9. The van der Waals surface area contributed by atoms with Crippen LogP contribution in [0.1, 0.15) is 26.2 Å². The molecule has 0 aliphatic rings. The Morgan fingerprint density at radius 2 is 1.81 bits per heavy atom. The predicted molar refractivity (Wildman–Crippen MR) is 81.7 cm³/mol. The molecule has 118 valence electrons. The van der Waals surface area contributed by atoms with Gasteiger partial charge in [0, 0.05) is 6.54 Å². The van der Waals surface area contributed by atoms with E-state index in [1.807, 2.05) is 24.3 Å². The Balaban J connectivity index is 2.23. The van der Waals surface area contributed by atoms with E-state index in [4.69, 9.17) is 20.3 Å². The second-order valence-corrected chi connectivity index (χ2v) is 5.27. The average molecular weight is 295 g/mol. The van der Waals surface area contributed by atoms with Gasteiger partial charge in [0.25, 0.3) is 0 Å². The van der Waals surface area contributed by atoms with Crippen molar-refractivity contribution in [1.82, 2.24) is 0 Å². The lowest BCUT2D eigenvalue weighted by Crippen LogP contribution is -2.23. The molecule has 0 radical (unpaired) electrons. The predicted octanol–water partition coefficient (Wildman–Crippen LogP) is 2.54. The standard InChI is InChI=1S/C16H25NO4/c1-12(3-4-13(11-17)16(18)19)9-10-21-15-7-5-14(20-2)6-8-15/h5-8,12-13H,3-4,9-11,17H2,1-2H3,(H,18,19). The molecule has 0 heterocycles. The highest BCUT2D eigenvalue weighted by Gasteiger charge is 2.16. The first-order valence-corrected chi connectivity index (χ1v) is 7.26. The number of hydrogen-bond donors (Lipinski definition) is 2. The minimum atomic E-state index is -0.806. The Labute approximate surface area is 126 Å². The number of carbonyl (C=O) groups is 1. The number of carboxylic acid groups (broad SMARTS) is 1. The zero-order valence-corrected chi connectivity index (χ0v) is 12.7. The fraction of sp³-hybridized carbons (Fsp3) is 0.562. The second kappa shape index (κ2) is 9.23. The highest BCUT2D eigenvalue weighted by atomic mass is 16.5. The Morgan fingerprint density at radius 3 is 2.33 bits per heavy atom. The Bertz CT molecular complexity index is 419. The molecule has 2 atom stereocenters. The number of hydrogen-bond acceptors (Lipinski definition) is 4. The van der Waals surface area contributed by atoms with Crippen molar-refractivity contribution < 1.29 is 19.4 Å². The van der Waals surface area contributed by atoms with Crippen molar-refractivity contribution in [2.24, 2.45) is 17.6 Å². The summed E-state index contributed by atoms with van der Waals surface area (Å²) in [7, 11) is 1.63. The maximum absolute atomic E-state index is 10.9. The lowest BCUT2D eigenvalue weighted by Gasteiger charge is -2.15. The summed E-state index contributed by atoms with van der Waals surface area (Å²) in [5, 5.41) is 8.94. The summed E-state index contributed by atoms with van der Waals surface area (Å²) in [4.78, 5) is 10.9. The Hall–Kier alpha value is -1.75. The van der Waals surface area contributed by atoms with Crippen LogP contribution in [0.25, 0.3) is 0 Å². The van der Waals surface area contributed by atoms with E-state index in [9.17, 15) is 4.79 Å². The molecular formula is C16H25NO4. The zero-order valence-electron chi connectivity index (χ0n) is 12.7. The third-order valence-electron chi connectivity index (χ3n) is 3.58. The lowest BCUT2D eigenvalue weighted by molar-refractivity contribution is -0.141. The summed E-state index contributed by atoms with van der Waals surface area (Å²) in [6, 6.07) is 7.46. The van der Waals surface area contributed by atoms with Crippen LogP contribution in [0.2, 0.25) is 0 Å². The van der Waals surface area contributed by atoms with Crippen molar-refractivity contribution in [1.29, 1.82) is 0 Å². The topological polar surface area (TPSA) is 81.8 Å². The third kappa shape index (κ3) is 6.49. The van der Waals surface area contributed by atoms with Crippen molar-refractivity contribution in [2.75, 3.05) is 20.3 Å². The van der Waals surface area contributed by atoms with Crippen molar-refractivity contribution in [2.45, 2.75) is 26.2 Å². The van der Waals surface area contributed by atoms with E-state index in [-0.39, 0.29) is 6.54 Å². The number of ether oxygens (including phenoxy) is 2. The molecule has 0 saturated carbocycles. The number of benzene rings is 1. The van der Waals surface area contributed by atoms with Gasteiger partial charge in [0.05, 0.1) is 19.6 Å². The second-order valence-electron chi connectivity index (χ2n) is 5.27. The van der Waals surface area contributed by atoms with Crippen LogP contribution in [0.3, 0.4) is 0 Å². The molecule has 0 bridgehead atoms. The first-order chi connectivity index (χ1) is 10.1. The van der Waals surface area contributed by atoms with Gasteiger partial charge < -0.3 is 20.3 Å². The van der Waals surface area contributed by atoms with Crippen molar-refractivity contribution in [3.63, 3.8) is 0 Å². The van der Waals surface area contributed by atoms with Gasteiger partial charge in [-0.15, -0.1) is 0 Å². The summed E-state index contributed by atoms with van der Waals surface area (Å²) in [6.45, 7) is 2.92. The Kier molecular flexibility index (Phi) is 7.61. The maximum Gasteiger partial charge on any atom is 0.307 e. The van der Waals surface area contributed by atoms with E-state index < -0.39 is 11.9 Å². The molecule has 0 fully saturated rings. The molecule has 1 aromatic carbocycles. The highest BCUT2D eigenvalue weighted by molar-refractivity contribution is 5.70. The van der Waals surface area contributed by atoms with E-state index in [1.54, 1.807) is 7.11 Å². The fourth-order valence-electron chi connectivity index (χ4n) is 2.02. The number of methoxy groups -OCH3 is 1. The Morgan fingerprint density at radius 1 is 1.19 bits per heavy atom. The molecule has 3 N–H and O–H groups in total. The molecule has 5 heteroatoms. The minimum absolute atomic E-state index is 0.199. The number of rotatable bonds is 10. The van der Waals surface area contributed by atoms with Gasteiger partial charge in [-0.05, 0) is 49.4 Å². The van der Waals surface area contributed by atoms with Crippen LogP contribution in [-0.2, 0) is 4.79 Å². The third-order valence-corrected chi connectivity index (χ3v) is 3.58. The summed E-state index contributed by atoms with van der Waals surface area (Å²) >= 11 is 0. The minimum Gasteiger partial charge on any atom is -0.497 e. The van der Waals surface area contributed by atoms with Gasteiger partial charge >= 0.3 is 5.97 Å². The van der Waals surface area contributed by atoms with E-state index >= 15 is 0 Å². The van der Waals surface area contributed by atoms with Gasteiger partial charge in [-0.2, -0.15) is 0 Å². The van der Waals surface area contributed by atoms with Crippen molar-refractivity contribution in [3.05, 3.63) is 24.3 Å². The van der Waals surface area contributed by atoms with Gasteiger partial charge in [-0.25, -0.2) is 0 Å². The van der Waals surface area contributed by atoms with Gasteiger partial charge in [-0.3, -0.25) is 4.79 Å². The summed E-state index contributed by atoms with van der Waals surface area (Å²) in [5.74, 6) is 0.788. The smallest absolute Gasteiger partial charge is 0.307 e. The molecule has 1 rings (SSSR count). The van der Waals surface area contributed by atoms with Gasteiger partial charge in [-0.1, -0.05) is 6.92 Å². The molecule has 0 saturated heterocycles. The van der Waals surface area contributed by atoms with Crippen LogP contribution in [-0.4, -0.2) is 31.3 Å². The van der Waals surface area contributed by atoms with Gasteiger partial charge in [0.2, 0.25) is 0 Å². The van der Waals surface area contributed by atoms with Crippen LogP contribution in [0.15, 0.2) is 24.3 Å². The summed E-state index contributed by atoms with van der Waals surface area (Å²) in [5.41, 5.74) is 5.44. The van der Waals surface area contributed by atoms with Crippen LogP contribution < -0.4 is 15.2 Å². The molecule has 21 heavy (non-hydrogen) atoms. The first kappa shape index (κ1) is 17.3. The molecule has 5 nitrogen and oxygen atoms in total. The van der Waals surface area contributed by atoms with Gasteiger partial charge in [0.1, 0.15) is 11.5 Å². The van der Waals surface area contributed by atoms with Crippen LogP contribution in [0.5, 0.6) is 11.5 Å². The quantitative estimate of drug-likeness (QED) is 0.693. The molecule has 0 spiro atoms. The number of nitrogens with two attached hydrogens (primary N) is 1. The molecule has 0 aromatic heterocycles. The molecule has 0 aliphatic heterocycles. The van der Waals surface area contributed by atoms with Crippen molar-refractivity contribution in [3.8, 4) is 11.5 Å². The normalized spacial score (nSPS) is 13.5. The first-order valence-electron chi connectivity index (χ1n) is 7.26. The average Bonchev–Trinajstić information content (AvgIpc) is 2.48. The zero-order chi connectivity index (χ0) is 15.7. The molecule has 1 aromatic rings. The molecular weight excluding hydrogens is 270 g/mol. The van der Waals surface area contributed by atoms with E-state index in [2.05, 4.69) is 6.92 Å². The van der Waals surface area contributed by atoms with E-state index in [0.29, 0.717) is 18.9 Å². The lowest BCUT2D eigenvalue weighted by atomic mass is 9.95. The summed E-state index contributed by atoms with van der Waals surface area (Å²) in [6.07, 6.45) is 2.36. The van der Waals surface area contributed by atoms with Crippen molar-refractivity contribution >= 4 is 5.97 Å². The summed E-state index contributed by atoms with van der Waals surface area (Å²) < 4.78 is 10.7. The fourth-order valence-corrected chi connectivity index (χ4v) is 2.02. The number of aliphatic carboxylic acids is 1. The van der Waals surface area contributed by atoms with E-state index in [0.717, 1.165) is 24.3 Å². The monoisotopic (exact) mass is 295 g/mol. The SMILES string of the molecule is COc1ccc(OCCC(C)CCC(CN)C(=O)O)cc1. The molecule has 0 aliphatic carbocycles. The van der Waals surface area contributed by atoms with E-state index in [1.165, 1.54) is 0 Å². The van der Waals surface area contributed by atoms with Crippen LogP contribution in [0, 0.1) is 11.8 Å². The largest absolute Gasteiger partial charge is 0.497 e. The molecule has 2 unspecified atom stereocenters. The number of carboxylic acids is 1. The molecule has 0 amide bonds. The highest BCUT2D eigenvalue weighted by Crippen LogP contribution is 2.19.